The maximum Gasteiger partial charge on any atom is 0.410 e. The molecule has 2 heterocycles. The number of nitrogens with one attached hydrogen (secondary N) is 2. The molecule has 1 unspecified atom stereocenters. The Morgan fingerprint density at radius 3 is 2.92 bits per heavy atom. The van der Waals surface area contributed by atoms with Crippen molar-refractivity contribution in [2.24, 2.45) is 0 Å². The Hall–Kier alpha value is -1.75. The second-order valence-electron chi connectivity index (χ2n) is 7.78. The molecule has 5 heteroatoms. The molecule has 5 nitrogen and oxygen atoms in total. The third-order valence-corrected chi connectivity index (χ3v) is 4.58. The second kappa shape index (κ2) is 7.01. The molecule has 132 valence electrons. The standard InChI is InChI=1S/C19H29N3O2/c1-19(2,3)24-18(23)22-11-9-14-6-4-8-17(16(14)13-22)21-15-7-5-10-20-12-15/h4,6,8,15,20-21H,5,7,9-13H2,1-3H3. The molecule has 1 saturated heterocycles. The number of ether oxygens (including phenoxy) is 1. The number of hydrogen-bond donors (Lipinski definition) is 2. The summed E-state index contributed by atoms with van der Waals surface area (Å²) in [5.74, 6) is 0. The van der Waals surface area contributed by atoms with Crippen molar-refractivity contribution in [1.82, 2.24) is 10.2 Å². The summed E-state index contributed by atoms with van der Waals surface area (Å²) < 4.78 is 5.54. The summed E-state index contributed by atoms with van der Waals surface area (Å²) >= 11 is 0. The molecule has 2 aliphatic heterocycles. The molecule has 0 aromatic heterocycles. The largest absolute Gasteiger partial charge is 0.444 e. The van der Waals surface area contributed by atoms with Crippen LogP contribution in [0.1, 0.15) is 44.7 Å². The van der Waals surface area contributed by atoms with Gasteiger partial charge in [-0.3, -0.25) is 0 Å². The van der Waals surface area contributed by atoms with Crippen molar-refractivity contribution in [2.45, 2.75) is 58.2 Å². The topological polar surface area (TPSA) is 53.6 Å². The molecule has 3 rings (SSSR count). The van der Waals surface area contributed by atoms with Gasteiger partial charge in [-0.15, -0.1) is 0 Å². The highest BCUT2D eigenvalue weighted by Gasteiger charge is 2.27. The zero-order valence-corrected chi connectivity index (χ0v) is 15.0. The number of amides is 1. The molecule has 1 aromatic rings. The smallest absolute Gasteiger partial charge is 0.410 e. The van der Waals surface area contributed by atoms with Crippen LogP contribution in [0.4, 0.5) is 10.5 Å². The fourth-order valence-corrected chi connectivity index (χ4v) is 3.39. The molecular formula is C19H29N3O2. The molecule has 0 radical (unpaired) electrons. The Morgan fingerprint density at radius 1 is 1.38 bits per heavy atom. The number of hydrogen-bond acceptors (Lipinski definition) is 4. The predicted octanol–water partition coefficient (Wildman–Crippen LogP) is 3.14. The minimum absolute atomic E-state index is 0.220. The quantitative estimate of drug-likeness (QED) is 0.874. The van der Waals surface area contributed by atoms with Crippen LogP contribution in [0.3, 0.4) is 0 Å². The average molecular weight is 331 g/mol. The average Bonchev–Trinajstić information content (AvgIpc) is 2.54. The maximum atomic E-state index is 12.4. The summed E-state index contributed by atoms with van der Waals surface area (Å²) in [5, 5.41) is 7.12. The highest BCUT2D eigenvalue weighted by molar-refractivity contribution is 5.70. The summed E-state index contributed by atoms with van der Waals surface area (Å²) in [6.07, 6.45) is 3.05. The number of piperidine rings is 1. The van der Waals surface area contributed by atoms with E-state index in [4.69, 9.17) is 4.74 Å². The minimum atomic E-state index is -0.455. The second-order valence-corrected chi connectivity index (χ2v) is 7.78. The van der Waals surface area contributed by atoms with Gasteiger partial charge in [0, 0.05) is 24.8 Å². The molecule has 0 saturated carbocycles. The first kappa shape index (κ1) is 17.1. The summed E-state index contributed by atoms with van der Waals surface area (Å²) in [7, 11) is 0. The van der Waals surface area contributed by atoms with Crippen molar-refractivity contribution >= 4 is 11.8 Å². The van der Waals surface area contributed by atoms with E-state index in [1.54, 1.807) is 0 Å². The van der Waals surface area contributed by atoms with Crippen molar-refractivity contribution in [3.8, 4) is 0 Å². The highest BCUT2D eigenvalue weighted by Crippen LogP contribution is 2.28. The van der Waals surface area contributed by atoms with Crippen molar-refractivity contribution < 1.29 is 9.53 Å². The van der Waals surface area contributed by atoms with Crippen LogP contribution in [0.15, 0.2) is 18.2 Å². The fraction of sp³-hybridized carbons (Fsp3) is 0.632. The van der Waals surface area contributed by atoms with Crippen LogP contribution in [-0.2, 0) is 17.7 Å². The van der Waals surface area contributed by atoms with Gasteiger partial charge in [0.05, 0.1) is 6.54 Å². The number of rotatable bonds is 2. The Bertz CT molecular complexity index is 589. The number of carbonyl (C=O) groups excluding carboxylic acids is 1. The third kappa shape index (κ3) is 4.20. The van der Waals surface area contributed by atoms with Crippen molar-refractivity contribution in [3.63, 3.8) is 0 Å². The fourth-order valence-electron chi connectivity index (χ4n) is 3.39. The van der Waals surface area contributed by atoms with E-state index in [1.807, 2.05) is 25.7 Å². The van der Waals surface area contributed by atoms with E-state index in [1.165, 1.54) is 24.0 Å². The van der Waals surface area contributed by atoms with E-state index in [-0.39, 0.29) is 6.09 Å². The van der Waals surface area contributed by atoms with Gasteiger partial charge in [0.25, 0.3) is 0 Å². The highest BCUT2D eigenvalue weighted by atomic mass is 16.6. The van der Waals surface area contributed by atoms with E-state index in [0.29, 0.717) is 12.6 Å². The van der Waals surface area contributed by atoms with Gasteiger partial charge in [-0.1, -0.05) is 12.1 Å². The van der Waals surface area contributed by atoms with Crippen LogP contribution < -0.4 is 10.6 Å². The van der Waals surface area contributed by atoms with Crippen molar-refractivity contribution in [1.29, 1.82) is 0 Å². The van der Waals surface area contributed by atoms with Gasteiger partial charge >= 0.3 is 6.09 Å². The molecule has 0 spiro atoms. The first-order valence-electron chi connectivity index (χ1n) is 8.98. The maximum absolute atomic E-state index is 12.4. The Balaban J connectivity index is 1.73. The molecule has 1 atom stereocenters. The van der Waals surface area contributed by atoms with Crippen LogP contribution >= 0.6 is 0 Å². The van der Waals surface area contributed by atoms with Crippen LogP contribution in [0, 0.1) is 0 Å². The molecule has 1 amide bonds. The van der Waals surface area contributed by atoms with Crippen LogP contribution in [0.2, 0.25) is 0 Å². The minimum Gasteiger partial charge on any atom is -0.444 e. The van der Waals surface area contributed by atoms with Crippen LogP contribution in [0.25, 0.3) is 0 Å². The van der Waals surface area contributed by atoms with E-state index in [9.17, 15) is 4.79 Å². The van der Waals surface area contributed by atoms with Gasteiger partial charge in [0.15, 0.2) is 0 Å². The van der Waals surface area contributed by atoms with Crippen LogP contribution in [-0.4, -0.2) is 42.3 Å². The lowest BCUT2D eigenvalue weighted by Crippen LogP contribution is -2.41. The monoisotopic (exact) mass is 331 g/mol. The lowest BCUT2D eigenvalue weighted by atomic mass is 9.97. The molecular weight excluding hydrogens is 302 g/mol. The Morgan fingerprint density at radius 2 is 2.21 bits per heavy atom. The van der Waals surface area contributed by atoms with Gasteiger partial charge in [-0.2, -0.15) is 0 Å². The summed E-state index contributed by atoms with van der Waals surface area (Å²) in [6.45, 7) is 9.17. The first-order valence-corrected chi connectivity index (χ1v) is 8.98. The van der Waals surface area contributed by atoms with E-state index >= 15 is 0 Å². The Kier molecular flexibility index (Phi) is 4.99. The number of fused-ring (bicyclic) bond motifs is 1. The Labute approximate surface area is 144 Å². The predicted molar refractivity (Wildman–Crippen MR) is 96.3 cm³/mol. The molecule has 1 fully saturated rings. The number of carbonyl (C=O) groups is 1. The van der Waals surface area contributed by atoms with E-state index < -0.39 is 5.60 Å². The van der Waals surface area contributed by atoms with Gasteiger partial charge in [-0.05, 0) is 63.8 Å². The summed E-state index contributed by atoms with van der Waals surface area (Å²) in [4.78, 5) is 14.2. The third-order valence-electron chi connectivity index (χ3n) is 4.58. The van der Waals surface area contributed by atoms with Crippen molar-refractivity contribution in [3.05, 3.63) is 29.3 Å². The normalized spacial score (nSPS) is 21.1. The van der Waals surface area contributed by atoms with Gasteiger partial charge in [0.2, 0.25) is 0 Å². The SMILES string of the molecule is CC(C)(C)OC(=O)N1CCc2cccc(NC3CCCNC3)c2C1. The summed E-state index contributed by atoms with van der Waals surface area (Å²) in [5.41, 5.74) is 3.28. The van der Waals surface area contributed by atoms with Crippen molar-refractivity contribution in [2.75, 3.05) is 25.0 Å². The lowest BCUT2D eigenvalue weighted by molar-refractivity contribution is 0.0224. The molecule has 2 N–H and O–H groups in total. The lowest BCUT2D eigenvalue weighted by Gasteiger charge is -2.33. The molecule has 24 heavy (non-hydrogen) atoms. The first-order chi connectivity index (χ1) is 11.4. The van der Waals surface area contributed by atoms with E-state index in [2.05, 4.69) is 28.8 Å². The number of benzene rings is 1. The molecule has 2 aliphatic rings. The van der Waals surface area contributed by atoms with Gasteiger partial charge in [-0.25, -0.2) is 4.79 Å². The molecule has 0 bridgehead atoms. The van der Waals surface area contributed by atoms with Crippen LogP contribution in [0.5, 0.6) is 0 Å². The zero-order valence-electron chi connectivity index (χ0n) is 15.0. The molecule has 1 aromatic carbocycles. The zero-order chi connectivity index (χ0) is 17.2. The van der Waals surface area contributed by atoms with Gasteiger partial charge in [0.1, 0.15) is 5.60 Å². The number of anilines is 1. The number of nitrogens with zero attached hydrogens (tertiary/aromatic N) is 1. The molecule has 0 aliphatic carbocycles. The van der Waals surface area contributed by atoms with Gasteiger partial charge < -0.3 is 20.3 Å². The van der Waals surface area contributed by atoms with E-state index in [0.717, 1.165) is 31.7 Å². The summed E-state index contributed by atoms with van der Waals surface area (Å²) in [6, 6.07) is 6.88.